The number of nitrogens with zero attached hydrogens (tertiary/aromatic N) is 3. The lowest BCUT2D eigenvalue weighted by molar-refractivity contribution is 0.295. The first-order valence-electron chi connectivity index (χ1n) is 9.93. The Labute approximate surface area is 157 Å². The van der Waals surface area contributed by atoms with Crippen molar-refractivity contribution < 1.29 is 0 Å². The fourth-order valence-corrected chi connectivity index (χ4v) is 9.05. The van der Waals surface area contributed by atoms with Gasteiger partial charge in [0.2, 0.25) is 0 Å². The molecule has 0 N–H and O–H groups in total. The van der Waals surface area contributed by atoms with Crippen LogP contribution in [0.3, 0.4) is 0 Å². The lowest BCUT2D eigenvalue weighted by atomic mass is 10.1. The first-order chi connectivity index (χ1) is 12.7. The minimum atomic E-state index is -1.82. The fraction of sp³-hybridized carbons (Fsp3) is 0.409. The van der Waals surface area contributed by atoms with E-state index in [0.717, 1.165) is 13.1 Å². The maximum atomic E-state index is 4.99. The second kappa shape index (κ2) is 5.98. The van der Waals surface area contributed by atoms with Gasteiger partial charge in [0.25, 0.3) is 0 Å². The van der Waals surface area contributed by atoms with E-state index in [1.807, 2.05) is 0 Å². The van der Waals surface area contributed by atoms with Crippen LogP contribution in [0.2, 0.25) is 13.1 Å². The van der Waals surface area contributed by atoms with E-state index in [1.165, 1.54) is 54.1 Å². The maximum absolute atomic E-state index is 4.99. The predicted molar refractivity (Wildman–Crippen MR) is 111 cm³/mol. The maximum Gasteiger partial charge on any atom is 0.188 e. The van der Waals surface area contributed by atoms with Crippen LogP contribution in [0.25, 0.3) is 11.1 Å². The van der Waals surface area contributed by atoms with Gasteiger partial charge in [0.05, 0.1) is 0 Å². The van der Waals surface area contributed by atoms with Crippen LogP contribution in [0, 0.1) is 0 Å². The van der Waals surface area contributed by atoms with Crippen LogP contribution < -0.4 is 0 Å². The summed E-state index contributed by atoms with van der Waals surface area (Å²) in [5.41, 5.74) is 6.44. The first-order valence-corrected chi connectivity index (χ1v) is 13.0. The minimum absolute atomic E-state index is 0.513. The topological polar surface area (TPSA) is 18.8 Å². The molecule has 0 radical (unpaired) electrons. The monoisotopic (exact) mass is 361 g/mol. The van der Waals surface area contributed by atoms with E-state index in [9.17, 15) is 0 Å². The Bertz CT molecular complexity index is 828. The molecule has 0 bridgehead atoms. The van der Waals surface area contributed by atoms with Gasteiger partial charge in [-0.3, -0.25) is 4.99 Å². The third kappa shape index (κ3) is 2.28. The lowest BCUT2D eigenvalue weighted by Crippen LogP contribution is -2.64. The molecule has 3 nitrogen and oxygen atoms in total. The summed E-state index contributed by atoms with van der Waals surface area (Å²) >= 11 is 0. The average molecular weight is 362 g/mol. The summed E-state index contributed by atoms with van der Waals surface area (Å²) in [6, 6.07) is 18.1. The Morgan fingerprint density at radius 2 is 1.46 bits per heavy atom. The van der Waals surface area contributed by atoms with Gasteiger partial charge >= 0.3 is 0 Å². The predicted octanol–water partition coefficient (Wildman–Crippen LogP) is 4.31. The van der Waals surface area contributed by atoms with Crippen LogP contribution in [0.15, 0.2) is 53.5 Å². The molecule has 0 amide bonds. The number of hydrogen-bond acceptors (Lipinski definition) is 3. The van der Waals surface area contributed by atoms with E-state index >= 15 is 0 Å². The average Bonchev–Trinajstić information content (AvgIpc) is 3.03. The number of rotatable bonds is 2. The molecule has 26 heavy (non-hydrogen) atoms. The van der Waals surface area contributed by atoms with E-state index < -0.39 is 8.24 Å². The number of hydrogen-bond donors (Lipinski definition) is 0. The summed E-state index contributed by atoms with van der Waals surface area (Å²) < 4.78 is 2.74. The molecule has 1 saturated heterocycles. The Morgan fingerprint density at radius 1 is 0.846 bits per heavy atom. The highest BCUT2D eigenvalue weighted by atomic mass is 28.3. The molecular formula is C22H27N3Si. The smallest absolute Gasteiger partial charge is 0.188 e. The number of benzene rings is 2. The van der Waals surface area contributed by atoms with Crippen molar-refractivity contribution in [1.82, 2.24) is 9.47 Å². The summed E-state index contributed by atoms with van der Waals surface area (Å²) in [5.74, 6) is 1.29. The van der Waals surface area contributed by atoms with E-state index in [1.54, 1.807) is 0 Å². The number of fused-ring (bicyclic) bond motifs is 4. The van der Waals surface area contributed by atoms with Crippen LogP contribution in [-0.4, -0.2) is 49.8 Å². The summed E-state index contributed by atoms with van der Waals surface area (Å²) in [6.07, 6.45) is 2.46. The zero-order valence-electron chi connectivity index (χ0n) is 15.8. The summed E-state index contributed by atoms with van der Waals surface area (Å²) in [7, 11) is -1.82. The Hall–Kier alpha value is -2.07. The number of guanidine groups is 1. The molecule has 1 fully saturated rings. The molecule has 2 aromatic carbocycles. The molecule has 0 atom stereocenters. The van der Waals surface area contributed by atoms with Crippen LogP contribution >= 0.6 is 0 Å². The second-order valence-electron chi connectivity index (χ2n) is 8.29. The Balaban J connectivity index is 1.63. The highest BCUT2D eigenvalue weighted by Gasteiger charge is 2.47. The molecule has 2 aromatic rings. The van der Waals surface area contributed by atoms with Crippen molar-refractivity contribution in [2.24, 2.45) is 4.99 Å². The highest BCUT2D eigenvalue weighted by molar-refractivity contribution is 6.79. The molecule has 0 spiro atoms. The zero-order chi connectivity index (χ0) is 17.7. The van der Waals surface area contributed by atoms with Crippen molar-refractivity contribution in [3.05, 3.63) is 59.7 Å². The largest absolute Gasteiger partial charge is 0.369 e. The van der Waals surface area contributed by atoms with Crippen molar-refractivity contribution in [3.63, 3.8) is 0 Å². The molecule has 3 aliphatic rings. The SMILES string of the molecule is C[Si](C)(C1c2ccccc2-c2ccccc21)N1CCCN2CCCN=C21. The van der Waals surface area contributed by atoms with Gasteiger partial charge < -0.3 is 9.47 Å². The van der Waals surface area contributed by atoms with Crippen LogP contribution in [0.1, 0.15) is 29.5 Å². The van der Waals surface area contributed by atoms with Crippen LogP contribution in [-0.2, 0) is 0 Å². The van der Waals surface area contributed by atoms with Crippen molar-refractivity contribution in [2.75, 3.05) is 26.2 Å². The molecule has 2 heterocycles. The minimum Gasteiger partial charge on any atom is -0.369 e. The molecule has 134 valence electrons. The van der Waals surface area contributed by atoms with Gasteiger partial charge in [0.15, 0.2) is 14.2 Å². The summed E-state index contributed by atoms with van der Waals surface area (Å²) in [4.78, 5) is 7.52. The molecule has 1 aliphatic carbocycles. The van der Waals surface area contributed by atoms with E-state index in [0.29, 0.717) is 5.54 Å². The van der Waals surface area contributed by atoms with Gasteiger partial charge in [-0.2, -0.15) is 0 Å². The van der Waals surface area contributed by atoms with E-state index in [4.69, 9.17) is 4.99 Å². The van der Waals surface area contributed by atoms with Gasteiger partial charge in [-0.25, -0.2) is 0 Å². The van der Waals surface area contributed by atoms with Crippen LogP contribution in [0.5, 0.6) is 0 Å². The third-order valence-electron chi connectivity index (χ3n) is 6.41. The molecule has 0 aromatic heterocycles. The van der Waals surface area contributed by atoms with Gasteiger partial charge in [0.1, 0.15) is 0 Å². The molecule has 0 saturated carbocycles. The zero-order valence-corrected chi connectivity index (χ0v) is 16.8. The second-order valence-corrected chi connectivity index (χ2v) is 12.7. The Kier molecular flexibility index (Phi) is 3.71. The molecule has 2 aliphatic heterocycles. The van der Waals surface area contributed by atoms with Crippen molar-refractivity contribution >= 4 is 14.2 Å². The summed E-state index contributed by atoms with van der Waals surface area (Å²) in [6.45, 7) is 9.61. The first kappa shape index (κ1) is 16.1. The van der Waals surface area contributed by atoms with Crippen molar-refractivity contribution in [3.8, 4) is 11.1 Å². The van der Waals surface area contributed by atoms with E-state index in [-0.39, 0.29) is 0 Å². The highest BCUT2D eigenvalue weighted by Crippen LogP contribution is 2.49. The quantitative estimate of drug-likeness (QED) is 0.742. The normalized spacial score (nSPS) is 19.7. The Morgan fingerprint density at radius 3 is 2.15 bits per heavy atom. The molecule has 5 rings (SSSR count). The number of aliphatic imine (C=N–C) groups is 1. The standard InChI is InChI=1S/C22H27N3Si/c1-26(2,25-16-8-15-24-14-7-13-23-22(24)25)21-19-11-5-3-9-17(19)18-10-4-6-12-20(18)21/h3-6,9-12,21H,7-8,13-16H2,1-2H3. The van der Waals surface area contributed by atoms with Crippen molar-refractivity contribution in [2.45, 2.75) is 31.5 Å². The third-order valence-corrected chi connectivity index (χ3v) is 10.3. The fourth-order valence-electron chi connectivity index (χ4n) is 5.25. The molecular weight excluding hydrogens is 334 g/mol. The van der Waals surface area contributed by atoms with Gasteiger partial charge in [-0.15, -0.1) is 0 Å². The molecule has 4 heteroatoms. The summed E-state index contributed by atoms with van der Waals surface area (Å²) in [5, 5.41) is 0. The van der Waals surface area contributed by atoms with Gasteiger partial charge in [0, 0.05) is 31.7 Å². The van der Waals surface area contributed by atoms with Crippen LogP contribution in [0.4, 0.5) is 0 Å². The van der Waals surface area contributed by atoms with E-state index in [2.05, 4.69) is 71.1 Å². The van der Waals surface area contributed by atoms with Gasteiger partial charge in [-0.05, 0) is 35.1 Å². The van der Waals surface area contributed by atoms with Gasteiger partial charge in [-0.1, -0.05) is 61.6 Å². The van der Waals surface area contributed by atoms with Crippen molar-refractivity contribution in [1.29, 1.82) is 0 Å². The lowest BCUT2D eigenvalue weighted by Gasteiger charge is -2.50. The molecule has 0 unspecified atom stereocenters.